The Labute approximate surface area is 192 Å². The van der Waals surface area contributed by atoms with Gasteiger partial charge in [0.15, 0.2) is 0 Å². The van der Waals surface area contributed by atoms with Crippen molar-refractivity contribution >= 4 is 56.7 Å². The molecule has 3 aromatic carbocycles. The van der Waals surface area contributed by atoms with Crippen molar-refractivity contribution in [3.05, 3.63) is 95.9 Å². The van der Waals surface area contributed by atoms with Crippen LogP contribution in [0.4, 0.5) is 11.4 Å². The third-order valence-electron chi connectivity index (χ3n) is 5.02. The maximum atomic E-state index is 13.0. The predicted molar refractivity (Wildman–Crippen MR) is 123 cm³/mol. The first-order valence-corrected chi connectivity index (χ1v) is 10.3. The van der Waals surface area contributed by atoms with E-state index in [1.54, 1.807) is 18.2 Å². The molecule has 2 heterocycles. The molecule has 5 rings (SSSR count). The van der Waals surface area contributed by atoms with Crippen molar-refractivity contribution in [3.63, 3.8) is 0 Å². The number of carbonyl (C=O) groups excluding carboxylic acids is 2. The second-order valence-corrected chi connectivity index (χ2v) is 8.20. The molecule has 10 heteroatoms. The number of nitrogens with zero attached hydrogens (tertiary/aromatic N) is 3. The highest BCUT2D eigenvalue weighted by Crippen LogP contribution is 2.32. The lowest BCUT2D eigenvalue weighted by molar-refractivity contribution is -0.384. The molecule has 0 fully saturated rings. The number of hydrogen-bond donors (Lipinski definition) is 0. The predicted octanol–water partition coefficient (Wildman–Crippen LogP) is 4.17. The molecule has 1 aliphatic rings. The molecule has 32 heavy (non-hydrogen) atoms. The Morgan fingerprint density at radius 2 is 1.72 bits per heavy atom. The number of amides is 2. The summed E-state index contributed by atoms with van der Waals surface area (Å²) in [7, 11) is 0. The van der Waals surface area contributed by atoms with Gasteiger partial charge in [-0.15, -0.1) is 0 Å². The maximum absolute atomic E-state index is 13.0. The molecule has 0 bridgehead atoms. The highest BCUT2D eigenvalue weighted by molar-refractivity contribution is 14.1. The summed E-state index contributed by atoms with van der Waals surface area (Å²) in [5.41, 5.74) is 0.313. The van der Waals surface area contributed by atoms with Crippen LogP contribution in [0.5, 0.6) is 0 Å². The average molecular weight is 539 g/mol. The van der Waals surface area contributed by atoms with E-state index in [4.69, 9.17) is 4.42 Å². The van der Waals surface area contributed by atoms with E-state index in [-0.39, 0.29) is 28.4 Å². The minimum absolute atomic E-state index is 0.0144. The summed E-state index contributed by atoms with van der Waals surface area (Å²) in [5.74, 6) is -1.22. The molecule has 0 N–H and O–H groups in total. The van der Waals surface area contributed by atoms with Crippen LogP contribution in [0.2, 0.25) is 0 Å². The number of nitro benzene ring substituents is 1. The number of imide groups is 1. The number of fused-ring (bicyclic) bond motifs is 2. The van der Waals surface area contributed by atoms with Gasteiger partial charge in [-0.2, -0.15) is 0 Å². The van der Waals surface area contributed by atoms with E-state index >= 15 is 0 Å². The summed E-state index contributed by atoms with van der Waals surface area (Å²) >= 11 is 2.08. The molecule has 4 aromatic rings. The molecule has 0 radical (unpaired) electrons. The van der Waals surface area contributed by atoms with Crippen molar-refractivity contribution in [1.29, 1.82) is 0 Å². The van der Waals surface area contributed by atoms with Gasteiger partial charge in [0.1, 0.15) is 0 Å². The molecule has 9 nitrogen and oxygen atoms in total. The third-order valence-corrected chi connectivity index (χ3v) is 5.69. The van der Waals surface area contributed by atoms with Gasteiger partial charge >= 0.3 is 5.63 Å². The zero-order valence-electron chi connectivity index (χ0n) is 15.9. The Balaban J connectivity index is 1.58. The highest BCUT2D eigenvalue weighted by atomic mass is 127. The topological polar surface area (TPSA) is 124 Å². The Hall–Kier alpha value is -3.93. The standard InChI is InChI=1S/C22H10IN3O6/c23-12-5-7-18-17(9-12)22(29)32-19(24-18)11-4-6-15-16(8-11)21(28)25(20(15)27)13-2-1-3-14(10-13)26(30)31/h1-10H. The SMILES string of the molecule is O=C1c2ccc(-c3nc4ccc(I)cc4c(=O)o3)cc2C(=O)N1c1cccc([N+](=O)[O-])c1. The molecule has 0 saturated heterocycles. The Kier molecular flexibility index (Phi) is 4.59. The number of anilines is 1. The van der Waals surface area contributed by atoms with Gasteiger partial charge < -0.3 is 4.42 Å². The van der Waals surface area contributed by atoms with E-state index in [2.05, 4.69) is 27.6 Å². The lowest BCUT2D eigenvalue weighted by atomic mass is 10.1. The number of benzene rings is 3. The lowest BCUT2D eigenvalue weighted by Gasteiger charge is -2.13. The summed E-state index contributed by atoms with van der Waals surface area (Å²) in [4.78, 5) is 54.0. The quantitative estimate of drug-likeness (QED) is 0.166. The van der Waals surface area contributed by atoms with E-state index in [0.717, 1.165) is 14.5 Å². The highest BCUT2D eigenvalue weighted by Gasteiger charge is 2.37. The average Bonchev–Trinajstić information content (AvgIpc) is 3.03. The monoisotopic (exact) mass is 539 g/mol. The van der Waals surface area contributed by atoms with Crippen LogP contribution in [0.3, 0.4) is 0 Å². The van der Waals surface area contributed by atoms with Crippen LogP contribution in [-0.2, 0) is 0 Å². The molecule has 1 aliphatic heterocycles. The van der Waals surface area contributed by atoms with Gasteiger partial charge in [-0.25, -0.2) is 14.7 Å². The van der Waals surface area contributed by atoms with Crippen molar-refractivity contribution in [2.75, 3.05) is 4.90 Å². The fourth-order valence-corrected chi connectivity index (χ4v) is 4.01. The smallest absolute Gasteiger partial charge is 0.347 e. The number of rotatable bonds is 3. The second-order valence-electron chi connectivity index (χ2n) is 6.95. The van der Waals surface area contributed by atoms with Crippen LogP contribution in [-0.4, -0.2) is 21.7 Å². The number of halogens is 1. The zero-order valence-corrected chi connectivity index (χ0v) is 18.1. The molecule has 1 aromatic heterocycles. The molecule has 0 saturated carbocycles. The van der Waals surface area contributed by atoms with Gasteiger partial charge in [0.05, 0.1) is 32.6 Å². The van der Waals surface area contributed by atoms with E-state index in [9.17, 15) is 24.5 Å². The zero-order chi connectivity index (χ0) is 22.6. The van der Waals surface area contributed by atoms with Crippen LogP contribution in [0.25, 0.3) is 22.4 Å². The van der Waals surface area contributed by atoms with Crippen LogP contribution in [0, 0.1) is 13.7 Å². The summed E-state index contributed by atoms with van der Waals surface area (Å²) in [6.07, 6.45) is 0. The van der Waals surface area contributed by atoms with E-state index in [0.29, 0.717) is 16.5 Å². The van der Waals surface area contributed by atoms with Crippen molar-refractivity contribution in [1.82, 2.24) is 4.98 Å². The van der Waals surface area contributed by atoms with Crippen LogP contribution in [0.15, 0.2) is 69.9 Å². The van der Waals surface area contributed by atoms with Gasteiger partial charge in [-0.3, -0.25) is 19.7 Å². The summed E-state index contributed by atoms with van der Waals surface area (Å²) in [6, 6.07) is 14.9. The van der Waals surface area contributed by atoms with E-state index < -0.39 is 22.4 Å². The first-order valence-electron chi connectivity index (χ1n) is 9.21. The summed E-state index contributed by atoms with van der Waals surface area (Å²) in [5, 5.41) is 11.4. The molecular formula is C22H10IN3O6. The molecule has 0 atom stereocenters. The van der Waals surface area contributed by atoms with Crippen molar-refractivity contribution in [2.24, 2.45) is 0 Å². The molecule has 2 amide bonds. The molecular weight excluding hydrogens is 529 g/mol. The molecule has 0 aliphatic carbocycles. The molecule has 156 valence electrons. The normalized spacial score (nSPS) is 13.0. The van der Waals surface area contributed by atoms with Crippen molar-refractivity contribution in [3.8, 4) is 11.5 Å². The van der Waals surface area contributed by atoms with Crippen molar-refractivity contribution in [2.45, 2.75) is 0 Å². The van der Waals surface area contributed by atoms with Gasteiger partial charge in [-0.1, -0.05) is 6.07 Å². The second kappa shape index (κ2) is 7.34. The fraction of sp³-hybridized carbons (Fsp3) is 0. The Bertz CT molecular complexity index is 1540. The Morgan fingerprint density at radius 1 is 0.938 bits per heavy atom. The third kappa shape index (κ3) is 3.15. The number of aromatic nitrogens is 1. The van der Waals surface area contributed by atoms with E-state index in [1.807, 2.05) is 0 Å². The van der Waals surface area contributed by atoms with Crippen LogP contribution in [0.1, 0.15) is 20.7 Å². The van der Waals surface area contributed by atoms with Gasteiger partial charge in [0.25, 0.3) is 17.5 Å². The summed E-state index contributed by atoms with van der Waals surface area (Å²) in [6.45, 7) is 0. The lowest BCUT2D eigenvalue weighted by Crippen LogP contribution is -2.29. The minimum Gasteiger partial charge on any atom is -0.403 e. The van der Waals surface area contributed by atoms with Gasteiger partial charge in [0.2, 0.25) is 5.89 Å². The maximum Gasteiger partial charge on any atom is 0.347 e. The molecule has 0 unspecified atom stereocenters. The van der Waals surface area contributed by atoms with Crippen molar-refractivity contribution < 1.29 is 18.9 Å². The number of nitro groups is 1. The van der Waals surface area contributed by atoms with Gasteiger partial charge in [-0.05, 0) is 65.1 Å². The summed E-state index contributed by atoms with van der Waals surface area (Å²) < 4.78 is 6.21. The number of carbonyl (C=O) groups is 2. The Morgan fingerprint density at radius 3 is 2.50 bits per heavy atom. The first kappa shape index (κ1) is 20.0. The van der Waals surface area contributed by atoms with Gasteiger partial charge in [0, 0.05) is 21.3 Å². The van der Waals surface area contributed by atoms with Crippen LogP contribution < -0.4 is 10.5 Å². The van der Waals surface area contributed by atoms with E-state index in [1.165, 1.54) is 36.4 Å². The fourth-order valence-electron chi connectivity index (χ4n) is 3.52. The minimum atomic E-state index is -0.634. The molecule has 0 spiro atoms. The number of non-ortho nitro benzene ring substituents is 1. The van der Waals surface area contributed by atoms with Crippen LogP contribution >= 0.6 is 22.6 Å². The first-order chi connectivity index (χ1) is 15.3. The largest absolute Gasteiger partial charge is 0.403 e. The number of hydrogen-bond acceptors (Lipinski definition) is 7.